The van der Waals surface area contributed by atoms with Gasteiger partial charge >= 0.3 is 0 Å². The van der Waals surface area contributed by atoms with Crippen LogP contribution in [0.1, 0.15) is 18.5 Å². The number of amides is 1. The molecule has 0 saturated heterocycles. The van der Waals surface area contributed by atoms with E-state index in [0.717, 1.165) is 0 Å². The van der Waals surface area contributed by atoms with Crippen molar-refractivity contribution in [1.82, 2.24) is 14.8 Å². The lowest BCUT2D eigenvalue weighted by Gasteiger charge is -2.29. The van der Waals surface area contributed by atoms with Crippen LogP contribution in [0, 0.1) is 0 Å². The van der Waals surface area contributed by atoms with Crippen LogP contribution >= 0.6 is 23.2 Å². The van der Waals surface area contributed by atoms with Crippen molar-refractivity contribution in [3.63, 3.8) is 0 Å². The number of methoxy groups -OCH3 is 3. The molecule has 5 rings (SSSR count). The molecule has 1 aliphatic rings. The fourth-order valence-corrected chi connectivity index (χ4v) is 4.99. The predicted octanol–water partition coefficient (Wildman–Crippen LogP) is 6.21. The molecule has 0 fully saturated rings. The molecule has 1 unspecified atom stereocenters. The van der Waals surface area contributed by atoms with Crippen molar-refractivity contribution >= 4 is 40.7 Å². The van der Waals surface area contributed by atoms with Gasteiger partial charge < -0.3 is 24.8 Å². The molecular weight excluding hydrogens is 541 g/mol. The predicted molar refractivity (Wildman–Crippen MR) is 151 cm³/mol. The van der Waals surface area contributed by atoms with Crippen LogP contribution in [-0.4, -0.2) is 42.0 Å². The van der Waals surface area contributed by atoms with E-state index >= 15 is 0 Å². The summed E-state index contributed by atoms with van der Waals surface area (Å²) in [5.74, 6) is 2.12. The number of hydrogen-bond donors (Lipinski definition) is 2. The lowest BCUT2D eigenvalue weighted by Crippen LogP contribution is -2.31. The molecule has 0 saturated carbocycles. The molecule has 0 radical (unpaired) electrons. The number of carbonyl (C=O) groups excluding carboxylic acids is 1. The van der Waals surface area contributed by atoms with Crippen LogP contribution in [0.25, 0.3) is 11.4 Å². The summed E-state index contributed by atoms with van der Waals surface area (Å²) in [6, 6.07) is 17.0. The second kappa shape index (κ2) is 10.9. The minimum absolute atomic E-state index is 0.348. The Morgan fingerprint density at radius 1 is 0.974 bits per heavy atom. The molecule has 1 aliphatic heterocycles. The third kappa shape index (κ3) is 4.98. The SMILES string of the molecule is COc1ccc(C2C(C(=O)Nc3ccccc3OC)=C(C)Nc3nc(-c4ccc(Cl)cc4Cl)nn32)c(OC)c1. The van der Waals surface area contributed by atoms with E-state index in [-0.39, 0.29) is 5.91 Å². The van der Waals surface area contributed by atoms with E-state index in [1.807, 2.05) is 25.1 Å². The standard InChI is InChI=1S/C28H25Cl2N5O4/c1-15-24(27(36)32-21-7-5-6-8-22(21)38-3)25(19-12-10-17(37-2)14-23(19)39-4)35-28(31-15)33-26(34-35)18-11-9-16(29)13-20(18)30/h5-14,25H,1-4H3,(H,32,36)(H,31,33,34). The largest absolute Gasteiger partial charge is 0.497 e. The zero-order valence-electron chi connectivity index (χ0n) is 21.6. The van der Waals surface area contributed by atoms with Crippen LogP contribution in [-0.2, 0) is 4.79 Å². The Kier molecular flexibility index (Phi) is 7.36. The Morgan fingerprint density at radius 3 is 2.46 bits per heavy atom. The molecule has 1 aromatic heterocycles. The zero-order valence-corrected chi connectivity index (χ0v) is 23.1. The molecule has 0 bridgehead atoms. The van der Waals surface area contributed by atoms with Gasteiger partial charge in [-0.15, -0.1) is 5.10 Å². The van der Waals surface area contributed by atoms with Crippen LogP contribution in [0.2, 0.25) is 10.0 Å². The lowest BCUT2D eigenvalue weighted by atomic mass is 9.94. The number of rotatable bonds is 7. The highest BCUT2D eigenvalue weighted by Gasteiger charge is 2.36. The Balaban J connectivity index is 1.66. The van der Waals surface area contributed by atoms with Crippen molar-refractivity contribution < 1.29 is 19.0 Å². The first-order chi connectivity index (χ1) is 18.8. The molecule has 2 heterocycles. The maximum absolute atomic E-state index is 13.9. The number of allylic oxidation sites excluding steroid dienone is 1. The molecule has 3 aromatic carbocycles. The number of nitrogens with zero attached hydrogens (tertiary/aromatic N) is 3. The van der Waals surface area contributed by atoms with Crippen molar-refractivity contribution in [2.75, 3.05) is 32.0 Å². The number of hydrogen-bond acceptors (Lipinski definition) is 7. The fraction of sp³-hybridized carbons (Fsp3) is 0.179. The van der Waals surface area contributed by atoms with E-state index in [1.165, 1.54) is 0 Å². The highest BCUT2D eigenvalue weighted by Crippen LogP contribution is 2.42. The monoisotopic (exact) mass is 565 g/mol. The van der Waals surface area contributed by atoms with Gasteiger partial charge in [0.15, 0.2) is 5.82 Å². The normalized spacial score (nSPS) is 14.4. The van der Waals surface area contributed by atoms with Crippen molar-refractivity contribution in [3.8, 4) is 28.6 Å². The van der Waals surface area contributed by atoms with Gasteiger partial charge in [-0.05, 0) is 49.4 Å². The second-order valence-corrected chi connectivity index (χ2v) is 9.50. The molecule has 39 heavy (non-hydrogen) atoms. The van der Waals surface area contributed by atoms with E-state index in [1.54, 1.807) is 68.5 Å². The summed E-state index contributed by atoms with van der Waals surface area (Å²) in [6.45, 7) is 1.81. The molecule has 0 aliphatic carbocycles. The molecule has 200 valence electrons. The summed E-state index contributed by atoms with van der Waals surface area (Å²) in [6.07, 6.45) is 0. The van der Waals surface area contributed by atoms with Crippen LogP contribution in [0.15, 0.2) is 71.9 Å². The minimum Gasteiger partial charge on any atom is -0.497 e. The molecule has 1 atom stereocenters. The molecule has 1 amide bonds. The maximum atomic E-state index is 13.9. The van der Waals surface area contributed by atoms with Crippen molar-refractivity contribution in [3.05, 3.63) is 87.5 Å². The number of nitrogens with one attached hydrogen (secondary N) is 2. The van der Waals surface area contributed by atoms with Gasteiger partial charge in [0, 0.05) is 27.9 Å². The Labute approximate surface area is 235 Å². The minimum atomic E-state index is -0.705. The number of anilines is 2. The molecule has 4 aromatic rings. The van der Waals surface area contributed by atoms with E-state index in [4.69, 9.17) is 47.5 Å². The number of benzene rings is 3. The van der Waals surface area contributed by atoms with E-state index in [0.29, 0.717) is 67.2 Å². The van der Waals surface area contributed by atoms with Crippen LogP contribution in [0.5, 0.6) is 17.2 Å². The van der Waals surface area contributed by atoms with E-state index in [2.05, 4.69) is 10.6 Å². The Bertz CT molecular complexity index is 1600. The Morgan fingerprint density at radius 2 is 1.74 bits per heavy atom. The van der Waals surface area contributed by atoms with Gasteiger partial charge in [-0.25, -0.2) is 4.68 Å². The molecular formula is C28H25Cl2N5O4. The van der Waals surface area contributed by atoms with Crippen molar-refractivity contribution in [2.24, 2.45) is 0 Å². The quantitative estimate of drug-likeness (QED) is 0.275. The van der Waals surface area contributed by atoms with Gasteiger partial charge in [-0.3, -0.25) is 4.79 Å². The summed E-state index contributed by atoms with van der Waals surface area (Å²) < 4.78 is 18.2. The van der Waals surface area contributed by atoms with Gasteiger partial charge in [0.25, 0.3) is 5.91 Å². The first kappa shape index (κ1) is 26.4. The van der Waals surface area contributed by atoms with Gasteiger partial charge in [0.2, 0.25) is 5.95 Å². The summed E-state index contributed by atoms with van der Waals surface area (Å²) >= 11 is 12.6. The number of carbonyl (C=O) groups is 1. The maximum Gasteiger partial charge on any atom is 0.255 e. The number of ether oxygens (including phenoxy) is 3. The number of aromatic nitrogens is 3. The first-order valence-corrected chi connectivity index (χ1v) is 12.7. The molecule has 2 N–H and O–H groups in total. The van der Waals surface area contributed by atoms with Crippen LogP contribution in [0.3, 0.4) is 0 Å². The molecule has 11 heteroatoms. The summed E-state index contributed by atoms with van der Waals surface area (Å²) in [4.78, 5) is 18.6. The van der Waals surface area contributed by atoms with Crippen LogP contribution < -0.4 is 24.8 Å². The topological polar surface area (TPSA) is 99.5 Å². The number of fused-ring (bicyclic) bond motifs is 1. The molecule has 9 nitrogen and oxygen atoms in total. The highest BCUT2D eigenvalue weighted by atomic mass is 35.5. The average Bonchev–Trinajstić information content (AvgIpc) is 3.35. The van der Waals surface area contributed by atoms with Gasteiger partial charge in [0.05, 0.1) is 37.6 Å². The number of halogens is 2. The Hall–Kier alpha value is -4.21. The van der Waals surface area contributed by atoms with Gasteiger partial charge in [0.1, 0.15) is 23.3 Å². The fourth-order valence-electron chi connectivity index (χ4n) is 4.50. The lowest BCUT2D eigenvalue weighted by molar-refractivity contribution is -0.113. The van der Waals surface area contributed by atoms with Crippen molar-refractivity contribution in [1.29, 1.82) is 0 Å². The highest BCUT2D eigenvalue weighted by molar-refractivity contribution is 6.36. The summed E-state index contributed by atoms with van der Waals surface area (Å²) in [5, 5.41) is 11.9. The van der Waals surface area contributed by atoms with Crippen molar-refractivity contribution in [2.45, 2.75) is 13.0 Å². The van der Waals surface area contributed by atoms with E-state index < -0.39 is 6.04 Å². The third-order valence-corrected chi connectivity index (χ3v) is 6.91. The summed E-state index contributed by atoms with van der Waals surface area (Å²) in [7, 11) is 4.69. The second-order valence-electron chi connectivity index (χ2n) is 8.66. The zero-order chi connectivity index (χ0) is 27.7. The van der Waals surface area contributed by atoms with Crippen LogP contribution in [0.4, 0.5) is 11.6 Å². The van der Waals surface area contributed by atoms with E-state index in [9.17, 15) is 4.79 Å². The van der Waals surface area contributed by atoms with Gasteiger partial charge in [-0.2, -0.15) is 4.98 Å². The smallest absolute Gasteiger partial charge is 0.255 e. The average molecular weight is 566 g/mol. The molecule has 0 spiro atoms. The van der Waals surface area contributed by atoms with Gasteiger partial charge in [-0.1, -0.05) is 35.3 Å². The first-order valence-electron chi connectivity index (χ1n) is 11.9. The number of para-hydroxylation sites is 2. The third-order valence-electron chi connectivity index (χ3n) is 6.36. The summed E-state index contributed by atoms with van der Waals surface area (Å²) in [5.41, 5.74) is 2.82.